The summed E-state index contributed by atoms with van der Waals surface area (Å²) >= 11 is 1.96. The number of hydrogen-bond acceptors (Lipinski definition) is 3. The molecule has 2 rings (SSSR count). The zero-order chi connectivity index (χ0) is 8.11. The second-order valence-corrected chi connectivity index (χ2v) is 6.31. The molecule has 2 saturated heterocycles. The fourth-order valence-electron chi connectivity index (χ4n) is 1.26. The van der Waals surface area contributed by atoms with Gasteiger partial charge in [0.2, 0.25) is 0 Å². The van der Waals surface area contributed by atoms with E-state index in [0.29, 0.717) is 10.3 Å². The number of ether oxygens (including phenoxy) is 1. The summed E-state index contributed by atoms with van der Waals surface area (Å²) in [6.45, 7) is 9.90. The lowest BCUT2D eigenvalue weighted by molar-refractivity contribution is -0.0174. The van der Waals surface area contributed by atoms with Crippen molar-refractivity contribution >= 4 is 11.9 Å². The monoisotopic (exact) mass is 173 g/mol. The largest absolute Gasteiger partial charge is 0.377 e. The van der Waals surface area contributed by atoms with E-state index in [9.17, 15) is 0 Å². The van der Waals surface area contributed by atoms with Crippen molar-refractivity contribution < 1.29 is 4.74 Å². The Morgan fingerprint density at radius 2 is 2.00 bits per heavy atom. The molecular formula is C8H15NOS. The van der Waals surface area contributed by atoms with Gasteiger partial charge in [0.15, 0.2) is 0 Å². The van der Waals surface area contributed by atoms with Crippen molar-refractivity contribution in [1.29, 1.82) is 0 Å². The van der Waals surface area contributed by atoms with E-state index < -0.39 is 0 Å². The van der Waals surface area contributed by atoms with Gasteiger partial charge >= 0.3 is 0 Å². The van der Waals surface area contributed by atoms with Crippen LogP contribution in [0.2, 0.25) is 0 Å². The average Bonchev–Trinajstić information content (AvgIpc) is 2.34. The van der Waals surface area contributed by atoms with Crippen molar-refractivity contribution in [3.63, 3.8) is 0 Å². The van der Waals surface area contributed by atoms with Crippen molar-refractivity contribution in [2.75, 3.05) is 19.8 Å². The van der Waals surface area contributed by atoms with Gasteiger partial charge in [-0.05, 0) is 20.8 Å². The molecule has 0 amide bonds. The molecule has 0 aromatic carbocycles. The number of nitrogens with zero attached hydrogens (tertiary/aromatic N) is 1. The molecule has 64 valence electrons. The first kappa shape index (κ1) is 7.90. The lowest BCUT2D eigenvalue weighted by Crippen LogP contribution is -2.40. The summed E-state index contributed by atoms with van der Waals surface area (Å²) in [5, 5.41) is 0. The third-order valence-electron chi connectivity index (χ3n) is 1.99. The third-order valence-corrected chi connectivity index (χ3v) is 3.27. The minimum Gasteiger partial charge on any atom is -0.377 e. The second kappa shape index (κ2) is 2.15. The molecule has 0 aromatic heterocycles. The van der Waals surface area contributed by atoms with Gasteiger partial charge in [-0.2, -0.15) is 0 Å². The van der Waals surface area contributed by atoms with Crippen LogP contribution in [0.25, 0.3) is 0 Å². The van der Waals surface area contributed by atoms with Gasteiger partial charge in [0.05, 0.1) is 18.8 Å². The Balaban J connectivity index is 1.83. The summed E-state index contributed by atoms with van der Waals surface area (Å²) in [6.07, 6.45) is 0. The van der Waals surface area contributed by atoms with E-state index in [1.165, 1.54) is 6.54 Å². The predicted molar refractivity (Wildman–Crippen MR) is 47.6 cm³/mol. The summed E-state index contributed by atoms with van der Waals surface area (Å²) in [5.41, 5.74) is 0.470. The minimum absolute atomic E-state index is 0.360. The Morgan fingerprint density at radius 3 is 2.27 bits per heavy atom. The highest BCUT2D eigenvalue weighted by atomic mass is 32.2. The van der Waals surface area contributed by atoms with E-state index in [4.69, 9.17) is 4.74 Å². The van der Waals surface area contributed by atoms with Crippen molar-refractivity contribution in [1.82, 2.24) is 4.31 Å². The molecule has 3 heteroatoms. The highest BCUT2D eigenvalue weighted by Gasteiger charge is 2.59. The molecule has 0 aromatic rings. The minimum atomic E-state index is 0.360. The molecule has 2 aliphatic heterocycles. The van der Waals surface area contributed by atoms with E-state index in [1.54, 1.807) is 0 Å². The van der Waals surface area contributed by atoms with Crippen LogP contribution in [0.3, 0.4) is 0 Å². The molecule has 0 aliphatic carbocycles. The summed E-state index contributed by atoms with van der Waals surface area (Å²) in [7, 11) is 0. The van der Waals surface area contributed by atoms with Gasteiger partial charge in [0.25, 0.3) is 0 Å². The summed E-state index contributed by atoms with van der Waals surface area (Å²) < 4.78 is 8.00. The van der Waals surface area contributed by atoms with E-state index in [1.807, 2.05) is 11.9 Å². The Kier molecular flexibility index (Phi) is 1.54. The maximum Gasteiger partial charge on any atom is 0.0915 e. The molecule has 1 atom stereocenters. The highest BCUT2D eigenvalue weighted by Crippen LogP contribution is 2.48. The molecular weight excluding hydrogens is 158 g/mol. The molecule has 2 aliphatic rings. The molecule has 0 N–H and O–H groups in total. The van der Waals surface area contributed by atoms with Gasteiger partial charge < -0.3 is 4.74 Å². The molecule has 2 nitrogen and oxygen atoms in total. The van der Waals surface area contributed by atoms with E-state index in [2.05, 4.69) is 25.1 Å². The fourth-order valence-corrected chi connectivity index (χ4v) is 2.53. The Hall–Kier alpha value is 0.270. The first-order valence-electron chi connectivity index (χ1n) is 4.06. The lowest BCUT2D eigenvalue weighted by Gasteiger charge is -2.29. The molecule has 2 fully saturated rings. The zero-order valence-corrected chi connectivity index (χ0v) is 8.20. The standard InChI is InChI=1S/C8H15NOS/c1-7(2,3)11-9-4-8(9)5-10-6-8/h4-6H2,1-3H3. The van der Waals surface area contributed by atoms with Gasteiger partial charge in [-0.3, -0.25) is 0 Å². The van der Waals surface area contributed by atoms with Crippen molar-refractivity contribution in [2.24, 2.45) is 0 Å². The van der Waals surface area contributed by atoms with Crippen LogP contribution in [-0.2, 0) is 4.74 Å². The third kappa shape index (κ3) is 1.42. The highest BCUT2D eigenvalue weighted by molar-refractivity contribution is 7.98. The van der Waals surface area contributed by atoms with Crippen LogP contribution in [0, 0.1) is 0 Å². The van der Waals surface area contributed by atoms with Gasteiger partial charge in [-0.1, -0.05) is 11.9 Å². The molecule has 0 bridgehead atoms. The first-order valence-corrected chi connectivity index (χ1v) is 4.84. The van der Waals surface area contributed by atoms with Crippen LogP contribution in [0.4, 0.5) is 0 Å². The normalized spacial score (nSPS) is 33.5. The Bertz CT molecular complexity index is 171. The maximum atomic E-state index is 5.19. The van der Waals surface area contributed by atoms with E-state index >= 15 is 0 Å². The predicted octanol–water partition coefficient (Wildman–Crippen LogP) is 1.52. The van der Waals surface area contributed by atoms with Crippen LogP contribution in [0.1, 0.15) is 20.8 Å². The maximum absolute atomic E-state index is 5.19. The quantitative estimate of drug-likeness (QED) is 0.440. The topological polar surface area (TPSA) is 12.2 Å². The van der Waals surface area contributed by atoms with Crippen LogP contribution in [0.5, 0.6) is 0 Å². The van der Waals surface area contributed by atoms with E-state index in [0.717, 1.165) is 13.2 Å². The molecule has 1 unspecified atom stereocenters. The van der Waals surface area contributed by atoms with Crippen LogP contribution < -0.4 is 0 Å². The fraction of sp³-hybridized carbons (Fsp3) is 1.00. The summed E-state index contributed by atoms with van der Waals surface area (Å²) in [6, 6.07) is 0. The molecule has 0 radical (unpaired) electrons. The van der Waals surface area contributed by atoms with Gasteiger partial charge in [0.1, 0.15) is 0 Å². The van der Waals surface area contributed by atoms with Gasteiger partial charge in [-0.15, -0.1) is 0 Å². The second-order valence-electron chi connectivity index (χ2n) is 4.46. The number of rotatable bonds is 1. The molecule has 2 heterocycles. The van der Waals surface area contributed by atoms with Gasteiger partial charge in [-0.25, -0.2) is 4.31 Å². The van der Waals surface area contributed by atoms with Crippen molar-refractivity contribution in [3.8, 4) is 0 Å². The summed E-state index contributed by atoms with van der Waals surface area (Å²) in [4.78, 5) is 0. The van der Waals surface area contributed by atoms with Crippen LogP contribution >= 0.6 is 11.9 Å². The Morgan fingerprint density at radius 1 is 1.36 bits per heavy atom. The first-order chi connectivity index (χ1) is 5.02. The smallest absolute Gasteiger partial charge is 0.0915 e. The van der Waals surface area contributed by atoms with Gasteiger partial charge in [0, 0.05) is 11.3 Å². The van der Waals surface area contributed by atoms with Crippen LogP contribution in [0.15, 0.2) is 0 Å². The van der Waals surface area contributed by atoms with Crippen LogP contribution in [-0.4, -0.2) is 34.3 Å². The average molecular weight is 173 g/mol. The lowest BCUT2D eigenvalue weighted by atomic mass is 10.1. The molecule has 11 heavy (non-hydrogen) atoms. The Labute approximate surface area is 72.4 Å². The van der Waals surface area contributed by atoms with Crippen molar-refractivity contribution in [2.45, 2.75) is 31.1 Å². The molecule has 1 spiro atoms. The summed E-state index contributed by atoms with van der Waals surface area (Å²) in [5.74, 6) is 0. The molecule has 0 saturated carbocycles. The van der Waals surface area contributed by atoms with Crippen molar-refractivity contribution in [3.05, 3.63) is 0 Å². The van der Waals surface area contributed by atoms with E-state index in [-0.39, 0.29) is 0 Å². The number of hydrogen-bond donors (Lipinski definition) is 0. The SMILES string of the molecule is CC(C)(C)SN1CC12COC2. The zero-order valence-electron chi connectivity index (χ0n) is 7.39.